The minimum absolute atomic E-state index is 0.349. The summed E-state index contributed by atoms with van der Waals surface area (Å²) in [5, 5.41) is 1.07. The molecule has 0 amide bonds. The molecule has 0 saturated carbocycles. The molecule has 19 heavy (non-hydrogen) atoms. The van der Waals surface area contributed by atoms with Crippen molar-refractivity contribution in [2.45, 2.75) is 26.2 Å². The molecule has 0 bridgehead atoms. The Hall–Kier alpha value is -1.49. The number of rotatable bonds is 6. The van der Waals surface area contributed by atoms with Crippen molar-refractivity contribution in [2.75, 3.05) is 13.2 Å². The van der Waals surface area contributed by atoms with E-state index in [1.54, 1.807) is 6.20 Å². The van der Waals surface area contributed by atoms with Crippen LogP contribution in [0.5, 0.6) is 0 Å². The Morgan fingerprint density at radius 3 is 2.47 bits per heavy atom. The van der Waals surface area contributed by atoms with Crippen molar-refractivity contribution >= 4 is 10.9 Å². The third-order valence-corrected chi connectivity index (χ3v) is 2.98. The Labute approximate surface area is 113 Å². The fraction of sp³-hybridized carbons (Fsp3) is 0.400. The average Bonchev–Trinajstić information content (AvgIpc) is 2.46. The molecule has 0 aliphatic heterocycles. The quantitative estimate of drug-likeness (QED) is 0.811. The Balaban J connectivity index is 2.36. The van der Waals surface area contributed by atoms with Crippen LogP contribution in [0.2, 0.25) is 0 Å². The van der Waals surface area contributed by atoms with Crippen molar-refractivity contribution in [1.29, 1.82) is 0 Å². The molecule has 0 saturated heterocycles. The number of aromatic nitrogens is 1. The van der Waals surface area contributed by atoms with Gasteiger partial charge in [0.15, 0.2) is 6.29 Å². The highest BCUT2D eigenvalue weighted by Crippen LogP contribution is 2.24. The normalized spacial score (nSPS) is 13.1. The van der Waals surface area contributed by atoms with Gasteiger partial charge in [0.25, 0.3) is 0 Å². The van der Waals surface area contributed by atoms with E-state index in [1.807, 2.05) is 44.2 Å². The molecule has 1 aromatic carbocycles. The Kier molecular flexibility index (Phi) is 4.85. The molecular formula is C15H20N2O2. The maximum atomic E-state index is 6.29. The molecule has 1 heterocycles. The summed E-state index contributed by atoms with van der Waals surface area (Å²) in [6.45, 7) is 4.99. The summed E-state index contributed by atoms with van der Waals surface area (Å²) in [4.78, 5) is 4.41. The lowest BCUT2D eigenvalue weighted by atomic mass is 10.0. The first-order valence-electron chi connectivity index (χ1n) is 6.60. The summed E-state index contributed by atoms with van der Waals surface area (Å²) in [6, 6.07) is 9.57. The molecule has 0 aliphatic rings. The number of pyridine rings is 1. The van der Waals surface area contributed by atoms with Crippen LogP contribution in [-0.4, -0.2) is 24.5 Å². The van der Waals surface area contributed by atoms with E-state index in [0.717, 1.165) is 16.5 Å². The zero-order valence-corrected chi connectivity index (χ0v) is 11.4. The zero-order chi connectivity index (χ0) is 13.7. The molecule has 0 radical (unpaired) electrons. The first-order valence-corrected chi connectivity index (χ1v) is 6.60. The van der Waals surface area contributed by atoms with Gasteiger partial charge in [-0.05, 0) is 19.9 Å². The van der Waals surface area contributed by atoms with E-state index in [-0.39, 0.29) is 6.04 Å². The van der Waals surface area contributed by atoms with Gasteiger partial charge in [-0.2, -0.15) is 0 Å². The van der Waals surface area contributed by atoms with Gasteiger partial charge in [0.05, 0.1) is 11.6 Å². The van der Waals surface area contributed by atoms with Crippen molar-refractivity contribution in [2.24, 2.45) is 5.73 Å². The Bertz CT molecular complexity index is 519. The Morgan fingerprint density at radius 2 is 1.79 bits per heavy atom. The van der Waals surface area contributed by atoms with Gasteiger partial charge < -0.3 is 15.2 Å². The lowest BCUT2D eigenvalue weighted by molar-refractivity contribution is -0.149. The molecule has 0 fully saturated rings. The summed E-state index contributed by atoms with van der Waals surface area (Å²) >= 11 is 0. The van der Waals surface area contributed by atoms with Crippen LogP contribution < -0.4 is 5.73 Å². The second kappa shape index (κ2) is 6.61. The van der Waals surface area contributed by atoms with Crippen molar-refractivity contribution in [3.8, 4) is 0 Å². The van der Waals surface area contributed by atoms with E-state index in [2.05, 4.69) is 4.98 Å². The first kappa shape index (κ1) is 13.9. The summed E-state index contributed by atoms with van der Waals surface area (Å²) < 4.78 is 11.1. The van der Waals surface area contributed by atoms with Gasteiger partial charge in [-0.3, -0.25) is 4.98 Å². The first-order chi connectivity index (χ1) is 9.27. The van der Waals surface area contributed by atoms with Crippen LogP contribution in [0.25, 0.3) is 10.9 Å². The van der Waals surface area contributed by atoms with Crippen molar-refractivity contribution in [3.63, 3.8) is 0 Å². The molecule has 4 nitrogen and oxygen atoms in total. The number of para-hydroxylation sites is 1. The van der Waals surface area contributed by atoms with Crippen LogP contribution in [0, 0.1) is 0 Å². The molecule has 1 aromatic heterocycles. The lowest BCUT2D eigenvalue weighted by Crippen LogP contribution is -2.32. The Morgan fingerprint density at radius 1 is 1.11 bits per heavy atom. The molecule has 1 atom stereocenters. The summed E-state index contributed by atoms with van der Waals surface area (Å²) in [5.41, 5.74) is 8.14. The van der Waals surface area contributed by atoms with E-state index in [9.17, 15) is 0 Å². The van der Waals surface area contributed by atoms with Gasteiger partial charge >= 0.3 is 0 Å². The highest BCUT2D eigenvalue weighted by molar-refractivity contribution is 5.82. The van der Waals surface area contributed by atoms with Gasteiger partial charge in [-0.1, -0.05) is 24.3 Å². The number of nitrogens with two attached hydrogens (primary N) is 1. The van der Waals surface area contributed by atoms with Crippen LogP contribution in [0.15, 0.2) is 36.5 Å². The monoisotopic (exact) mass is 260 g/mol. The minimum atomic E-state index is -0.442. The van der Waals surface area contributed by atoms with Gasteiger partial charge in [-0.25, -0.2) is 0 Å². The van der Waals surface area contributed by atoms with Crippen LogP contribution in [-0.2, 0) is 9.47 Å². The third kappa shape index (κ3) is 3.10. The largest absolute Gasteiger partial charge is 0.351 e. The third-order valence-electron chi connectivity index (χ3n) is 2.98. The number of fused-ring (bicyclic) bond motifs is 1. The predicted molar refractivity (Wildman–Crippen MR) is 75.7 cm³/mol. The summed E-state index contributed by atoms with van der Waals surface area (Å²) in [5.74, 6) is 0. The van der Waals surface area contributed by atoms with Gasteiger partial charge in [-0.15, -0.1) is 0 Å². The van der Waals surface area contributed by atoms with E-state index in [0.29, 0.717) is 13.2 Å². The zero-order valence-electron chi connectivity index (χ0n) is 11.4. The van der Waals surface area contributed by atoms with Gasteiger partial charge in [0.1, 0.15) is 0 Å². The average molecular weight is 260 g/mol. The smallest absolute Gasteiger partial charge is 0.176 e. The second-order valence-electron chi connectivity index (χ2n) is 4.23. The van der Waals surface area contributed by atoms with Crippen molar-refractivity contribution in [3.05, 3.63) is 42.1 Å². The van der Waals surface area contributed by atoms with Crippen molar-refractivity contribution in [1.82, 2.24) is 4.98 Å². The highest BCUT2D eigenvalue weighted by atomic mass is 16.7. The number of hydrogen-bond acceptors (Lipinski definition) is 4. The summed E-state index contributed by atoms with van der Waals surface area (Å²) in [6.07, 6.45) is 1.33. The second-order valence-corrected chi connectivity index (χ2v) is 4.23. The molecule has 1 unspecified atom stereocenters. The SMILES string of the molecule is CCOC(OCC)C(N)c1cccc2cccnc12. The molecule has 2 aromatic rings. The molecular weight excluding hydrogens is 240 g/mol. The van der Waals surface area contributed by atoms with Crippen molar-refractivity contribution < 1.29 is 9.47 Å². The molecule has 2 N–H and O–H groups in total. The van der Waals surface area contributed by atoms with Gasteiger partial charge in [0, 0.05) is 30.4 Å². The van der Waals surface area contributed by atoms with Crippen LogP contribution in [0.4, 0.5) is 0 Å². The minimum Gasteiger partial charge on any atom is -0.351 e. The maximum Gasteiger partial charge on any atom is 0.176 e. The van der Waals surface area contributed by atoms with Gasteiger partial charge in [0.2, 0.25) is 0 Å². The van der Waals surface area contributed by atoms with Crippen LogP contribution >= 0.6 is 0 Å². The molecule has 0 aliphatic carbocycles. The van der Waals surface area contributed by atoms with E-state index >= 15 is 0 Å². The lowest BCUT2D eigenvalue weighted by Gasteiger charge is -2.24. The van der Waals surface area contributed by atoms with Crippen LogP contribution in [0.1, 0.15) is 25.5 Å². The molecule has 2 rings (SSSR count). The van der Waals surface area contributed by atoms with E-state index < -0.39 is 6.29 Å². The number of ether oxygens (including phenoxy) is 2. The standard InChI is InChI=1S/C15H20N2O2/c1-3-18-15(19-4-2)13(16)12-9-5-7-11-8-6-10-17-14(11)12/h5-10,13,15H,3-4,16H2,1-2H3. The fourth-order valence-electron chi connectivity index (χ4n) is 2.13. The van der Waals surface area contributed by atoms with E-state index in [4.69, 9.17) is 15.2 Å². The highest BCUT2D eigenvalue weighted by Gasteiger charge is 2.22. The topological polar surface area (TPSA) is 57.4 Å². The number of benzene rings is 1. The molecule has 0 spiro atoms. The van der Waals surface area contributed by atoms with E-state index in [1.165, 1.54) is 0 Å². The number of nitrogens with zero attached hydrogens (tertiary/aromatic N) is 1. The molecule has 4 heteroatoms. The maximum absolute atomic E-state index is 6.29. The fourth-order valence-corrected chi connectivity index (χ4v) is 2.13. The predicted octanol–water partition coefficient (Wildman–Crippen LogP) is 2.63. The molecule has 102 valence electrons. The summed E-state index contributed by atoms with van der Waals surface area (Å²) in [7, 11) is 0. The van der Waals surface area contributed by atoms with Crippen LogP contribution in [0.3, 0.4) is 0 Å². The number of hydrogen-bond donors (Lipinski definition) is 1.